The highest BCUT2D eigenvalue weighted by Gasteiger charge is 2.33. The molecule has 17 heavy (non-hydrogen) atoms. The first-order chi connectivity index (χ1) is 7.30. The highest BCUT2D eigenvalue weighted by Crippen LogP contribution is 2.33. The van der Waals surface area contributed by atoms with Crippen molar-refractivity contribution >= 4 is 30.0 Å². The first-order valence-corrected chi connectivity index (χ1v) is 4.59. The van der Waals surface area contributed by atoms with Crippen LogP contribution in [0.15, 0.2) is 23.2 Å². The lowest BCUT2D eigenvalue weighted by atomic mass is 10.1. The molecule has 0 aromatic heterocycles. The van der Waals surface area contributed by atoms with Crippen molar-refractivity contribution in [3.8, 4) is 0 Å². The molecule has 0 atom stereocenters. The van der Waals surface area contributed by atoms with Crippen molar-refractivity contribution in [2.75, 3.05) is 0 Å². The predicted molar refractivity (Wildman–Crippen MR) is 63.2 cm³/mol. The fourth-order valence-electron chi connectivity index (χ4n) is 1.15. The molecule has 0 spiro atoms. The molecular formula is C9H10Cl2F3N3. The lowest BCUT2D eigenvalue weighted by Crippen LogP contribution is -2.23. The van der Waals surface area contributed by atoms with Gasteiger partial charge in [-0.25, -0.2) is 4.99 Å². The smallest absolute Gasteiger partial charge is 0.370 e. The van der Waals surface area contributed by atoms with Gasteiger partial charge in [-0.15, -0.1) is 12.4 Å². The quantitative estimate of drug-likeness (QED) is 0.649. The molecule has 0 unspecified atom stereocenters. The summed E-state index contributed by atoms with van der Waals surface area (Å²) in [6.45, 7) is -0.252. The van der Waals surface area contributed by atoms with Crippen LogP contribution in [0.25, 0.3) is 0 Å². The van der Waals surface area contributed by atoms with Crippen LogP contribution in [-0.2, 0) is 12.7 Å². The number of alkyl halides is 3. The molecule has 0 fully saturated rings. The van der Waals surface area contributed by atoms with Crippen molar-refractivity contribution in [2.45, 2.75) is 12.7 Å². The van der Waals surface area contributed by atoms with Gasteiger partial charge >= 0.3 is 6.18 Å². The molecule has 0 amide bonds. The number of hydrogen-bond donors (Lipinski definition) is 2. The van der Waals surface area contributed by atoms with Crippen LogP contribution in [0.3, 0.4) is 0 Å². The number of hydrogen-bond acceptors (Lipinski definition) is 1. The van der Waals surface area contributed by atoms with Gasteiger partial charge in [0, 0.05) is 5.02 Å². The molecular weight excluding hydrogens is 278 g/mol. The lowest BCUT2D eigenvalue weighted by molar-refractivity contribution is -0.138. The molecule has 0 aliphatic heterocycles. The van der Waals surface area contributed by atoms with Crippen molar-refractivity contribution in [2.24, 2.45) is 16.5 Å². The molecule has 96 valence electrons. The number of nitrogens with zero attached hydrogens (tertiary/aromatic N) is 1. The molecule has 1 aromatic carbocycles. The summed E-state index contributed by atoms with van der Waals surface area (Å²) in [5, 5.41) is 0.203. The van der Waals surface area contributed by atoms with E-state index < -0.39 is 11.7 Å². The summed E-state index contributed by atoms with van der Waals surface area (Å²) in [4.78, 5) is 3.52. The molecule has 1 aromatic rings. The molecule has 0 saturated heterocycles. The van der Waals surface area contributed by atoms with Crippen LogP contribution in [0.2, 0.25) is 5.02 Å². The van der Waals surface area contributed by atoms with Crippen molar-refractivity contribution < 1.29 is 13.2 Å². The third-order valence-corrected chi connectivity index (χ3v) is 2.04. The largest absolute Gasteiger partial charge is 0.416 e. The van der Waals surface area contributed by atoms with Gasteiger partial charge in [0.25, 0.3) is 0 Å². The van der Waals surface area contributed by atoms with E-state index in [9.17, 15) is 13.2 Å². The van der Waals surface area contributed by atoms with Gasteiger partial charge in [-0.3, -0.25) is 0 Å². The Labute approximate surface area is 107 Å². The van der Waals surface area contributed by atoms with Crippen LogP contribution in [0.4, 0.5) is 13.2 Å². The van der Waals surface area contributed by atoms with Gasteiger partial charge in [0.05, 0.1) is 12.1 Å². The van der Waals surface area contributed by atoms with E-state index in [4.69, 9.17) is 23.1 Å². The van der Waals surface area contributed by atoms with Crippen molar-refractivity contribution in [1.82, 2.24) is 0 Å². The molecule has 0 saturated carbocycles. The Kier molecular flexibility index (Phi) is 5.57. The number of halogens is 5. The standard InChI is InChI=1S/C9H9ClF3N3.ClH/c10-6-1-2-7(9(11,12)13)5(3-6)4-16-8(14)15;/h1-3H,4H2,(H4,14,15,16);1H. The van der Waals surface area contributed by atoms with Crippen LogP contribution < -0.4 is 11.5 Å². The van der Waals surface area contributed by atoms with E-state index >= 15 is 0 Å². The molecule has 0 heterocycles. The lowest BCUT2D eigenvalue weighted by Gasteiger charge is -2.11. The predicted octanol–water partition coefficient (Wildman–Crippen LogP) is 2.55. The Morgan fingerprint density at radius 1 is 1.29 bits per heavy atom. The summed E-state index contributed by atoms with van der Waals surface area (Å²) >= 11 is 5.60. The maximum atomic E-state index is 12.6. The third-order valence-electron chi connectivity index (χ3n) is 1.80. The molecule has 1 rings (SSSR count). The van der Waals surface area contributed by atoms with Crippen LogP contribution in [0, 0.1) is 0 Å². The second kappa shape index (κ2) is 5.97. The number of guanidine groups is 1. The Morgan fingerprint density at radius 2 is 1.88 bits per heavy atom. The number of nitrogens with two attached hydrogens (primary N) is 2. The van der Waals surface area contributed by atoms with Gasteiger partial charge in [0.15, 0.2) is 5.96 Å². The fourth-order valence-corrected chi connectivity index (χ4v) is 1.34. The van der Waals surface area contributed by atoms with Crippen molar-refractivity contribution in [3.63, 3.8) is 0 Å². The maximum absolute atomic E-state index is 12.6. The molecule has 0 aliphatic carbocycles. The SMILES string of the molecule is Cl.NC(N)=NCc1cc(Cl)ccc1C(F)(F)F. The summed E-state index contributed by atoms with van der Waals surface area (Å²) in [6, 6.07) is 3.26. The van der Waals surface area contributed by atoms with Gasteiger partial charge in [-0.1, -0.05) is 11.6 Å². The summed E-state index contributed by atoms with van der Waals surface area (Å²) < 4.78 is 37.7. The zero-order chi connectivity index (χ0) is 12.3. The second-order valence-electron chi connectivity index (χ2n) is 3.04. The van der Waals surface area contributed by atoms with E-state index in [2.05, 4.69) is 4.99 Å². The summed E-state index contributed by atoms with van der Waals surface area (Å²) in [5.74, 6) is -0.270. The number of rotatable bonds is 2. The van der Waals surface area contributed by atoms with E-state index in [1.807, 2.05) is 0 Å². The first kappa shape index (κ1) is 15.9. The molecule has 8 heteroatoms. The summed E-state index contributed by atoms with van der Waals surface area (Å²) in [6.07, 6.45) is -4.45. The highest BCUT2D eigenvalue weighted by molar-refractivity contribution is 6.30. The minimum atomic E-state index is -4.45. The van der Waals surface area contributed by atoms with Crippen LogP contribution >= 0.6 is 24.0 Å². The zero-order valence-corrected chi connectivity index (χ0v) is 10.0. The van der Waals surface area contributed by atoms with Crippen molar-refractivity contribution in [1.29, 1.82) is 0 Å². The summed E-state index contributed by atoms with van der Waals surface area (Å²) in [7, 11) is 0. The molecule has 3 nitrogen and oxygen atoms in total. The average molecular weight is 288 g/mol. The monoisotopic (exact) mass is 287 g/mol. The van der Waals surface area contributed by atoms with E-state index in [1.165, 1.54) is 12.1 Å². The molecule has 0 radical (unpaired) electrons. The Bertz CT molecular complexity index is 414. The number of benzene rings is 1. The summed E-state index contributed by atoms with van der Waals surface area (Å²) in [5.41, 5.74) is 9.25. The fraction of sp³-hybridized carbons (Fsp3) is 0.222. The topological polar surface area (TPSA) is 64.4 Å². The van der Waals surface area contributed by atoms with E-state index in [0.29, 0.717) is 0 Å². The van der Waals surface area contributed by atoms with Crippen LogP contribution in [-0.4, -0.2) is 5.96 Å². The van der Waals surface area contributed by atoms with Gasteiger partial charge in [-0.05, 0) is 23.8 Å². The van der Waals surface area contributed by atoms with E-state index in [-0.39, 0.29) is 35.5 Å². The second-order valence-corrected chi connectivity index (χ2v) is 3.48. The zero-order valence-electron chi connectivity index (χ0n) is 8.46. The Morgan fingerprint density at radius 3 is 2.35 bits per heavy atom. The highest BCUT2D eigenvalue weighted by atomic mass is 35.5. The minimum absolute atomic E-state index is 0. The number of aliphatic imine (C=N–C) groups is 1. The average Bonchev–Trinajstić information content (AvgIpc) is 2.12. The van der Waals surface area contributed by atoms with E-state index in [0.717, 1.165) is 6.07 Å². The third kappa shape index (κ3) is 4.70. The van der Waals surface area contributed by atoms with Gasteiger partial charge in [-0.2, -0.15) is 13.2 Å². The van der Waals surface area contributed by atoms with Crippen molar-refractivity contribution in [3.05, 3.63) is 34.3 Å². The van der Waals surface area contributed by atoms with Gasteiger partial charge < -0.3 is 11.5 Å². The maximum Gasteiger partial charge on any atom is 0.416 e. The first-order valence-electron chi connectivity index (χ1n) is 4.21. The van der Waals surface area contributed by atoms with Crippen LogP contribution in [0.5, 0.6) is 0 Å². The van der Waals surface area contributed by atoms with Crippen LogP contribution in [0.1, 0.15) is 11.1 Å². The Balaban J connectivity index is 0.00000256. The van der Waals surface area contributed by atoms with Gasteiger partial charge in [0.2, 0.25) is 0 Å². The molecule has 4 N–H and O–H groups in total. The van der Waals surface area contributed by atoms with Gasteiger partial charge in [0.1, 0.15) is 0 Å². The Hall–Kier alpha value is -1.14. The van der Waals surface area contributed by atoms with E-state index in [1.54, 1.807) is 0 Å². The normalized spacial score (nSPS) is 10.6. The molecule has 0 bridgehead atoms. The molecule has 0 aliphatic rings. The minimum Gasteiger partial charge on any atom is -0.370 e.